The summed E-state index contributed by atoms with van der Waals surface area (Å²) < 4.78 is 0. The van der Waals surface area contributed by atoms with Gasteiger partial charge >= 0.3 is 0 Å². The van der Waals surface area contributed by atoms with E-state index in [0.29, 0.717) is 6.42 Å². The average molecular weight is 401 g/mol. The van der Waals surface area contributed by atoms with E-state index in [9.17, 15) is 9.90 Å². The summed E-state index contributed by atoms with van der Waals surface area (Å²) in [5.41, 5.74) is 5.14. The van der Waals surface area contributed by atoms with Crippen LogP contribution in [0.1, 0.15) is 42.0 Å². The highest BCUT2D eigenvalue weighted by Crippen LogP contribution is 2.28. The highest BCUT2D eigenvalue weighted by Gasteiger charge is 2.25. The molecule has 4 nitrogen and oxygen atoms in total. The number of rotatable bonds is 6. The summed E-state index contributed by atoms with van der Waals surface area (Å²) in [7, 11) is 0. The number of aliphatic hydroxyl groups excluding tert-OH is 1. The minimum absolute atomic E-state index is 0.0456. The molecule has 0 spiro atoms. The smallest absolute Gasteiger partial charge is 0.222 e. The van der Waals surface area contributed by atoms with Gasteiger partial charge in [-0.05, 0) is 42.5 Å². The Hall–Kier alpha value is -2.98. The molecule has 1 atom stereocenters. The zero-order chi connectivity index (χ0) is 20.8. The third-order valence-electron chi connectivity index (χ3n) is 5.87. The summed E-state index contributed by atoms with van der Waals surface area (Å²) in [6.07, 6.45) is 3.42. The largest absolute Gasteiger partial charge is 0.392 e. The second-order valence-electron chi connectivity index (χ2n) is 7.97. The zero-order valence-corrected chi connectivity index (χ0v) is 17.2. The molecule has 4 rings (SSSR count). The summed E-state index contributed by atoms with van der Waals surface area (Å²) in [5, 5.41) is 9.24. The van der Waals surface area contributed by atoms with Crippen molar-refractivity contribution >= 4 is 5.91 Å². The fraction of sp³-hybridized carbons (Fsp3) is 0.308. The Morgan fingerprint density at radius 1 is 0.967 bits per heavy atom. The number of aliphatic hydroxyl groups is 1. The molecule has 1 aliphatic rings. The van der Waals surface area contributed by atoms with Crippen molar-refractivity contribution < 1.29 is 9.90 Å². The molecule has 1 saturated heterocycles. The molecule has 1 amide bonds. The number of carbonyl (C=O) groups excluding carboxylic acids is 1. The highest BCUT2D eigenvalue weighted by atomic mass is 16.3. The quantitative estimate of drug-likeness (QED) is 0.659. The molecule has 3 aromatic rings. The van der Waals surface area contributed by atoms with Crippen molar-refractivity contribution in [1.82, 2.24) is 9.88 Å². The summed E-state index contributed by atoms with van der Waals surface area (Å²) in [6.45, 7) is 1.63. The van der Waals surface area contributed by atoms with Gasteiger partial charge in [0.1, 0.15) is 0 Å². The first-order valence-electron chi connectivity index (χ1n) is 10.7. The van der Waals surface area contributed by atoms with Crippen LogP contribution in [0.25, 0.3) is 11.3 Å². The molecule has 0 unspecified atom stereocenters. The Morgan fingerprint density at radius 2 is 1.77 bits per heavy atom. The molecule has 2 heterocycles. The maximum Gasteiger partial charge on any atom is 0.222 e. The maximum atomic E-state index is 12.8. The van der Waals surface area contributed by atoms with Crippen LogP contribution in [0, 0.1) is 0 Å². The van der Waals surface area contributed by atoms with Crippen LogP contribution in [0.3, 0.4) is 0 Å². The molecule has 0 saturated carbocycles. The second kappa shape index (κ2) is 9.68. The fourth-order valence-corrected chi connectivity index (χ4v) is 4.12. The predicted octanol–water partition coefficient (Wildman–Crippen LogP) is 4.58. The van der Waals surface area contributed by atoms with Gasteiger partial charge in [-0.2, -0.15) is 0 Å². The molecule has 1 aliphatic heterocycles. The van der Waals surface area contributed by atoms with E-state index >= 15 is 0 Å². The van der Waals surface area contributed by atoms with Gasteiger partial charge < -0.3 is 10.0 Å². The van der Waals surface area contributed by atoms with Gasteiger partial charge in [-0.1, -0.05) is 60.7 Å². The SMILES string of the molecule is O=C(CCc1ccccc1)N1CCC[C@@H](c2cccc(-c3ccc(CO)cc3)n2)C1. The first kappa shape index (κ1) is 20.3. The molecule has 2 aromatic carbocycles. The molecule has 1 fully saturated rings. The lowest BCUT2D eigenvalue weighted by Crippen LogP contribution is -2.39. The van der Waals surface area contributed by atoms with Crippen LogP contribution < -0.4 is 0 Å². The Balaban J connectivity index is 1.42. The van der Waals surface area contributed by atoms with Crippen LogP contribution in [0.5, 0.6) is 0 Å². The number of aryl methyl sites for hydroxylation is 1. The van der Waals surface area contributed by atoms with Gasteiger partial charge in [0.05, 0.1) is 12.3 Å². The molecular weight excluding hydrogens is 372 g/mol. The summed E-state index contributed by atoms with van der Waals surface area (Å²) in [6, 6.07) is 24.2. The number of pyridine rings is 1. The van der Waals surface area contributed by atoms with Gasteiger partial charge in [0, 0.05) is 36.7 Å². The number of benzene rings is 2. The summed E-state index contributed by atoms with van der Waals surface area (Å²) in [5.74, 6) is 0.510. The lowest BCUT2D eigenvalue weighted by atomic mass is 9.93. The minimum Gasteiger partial charge on any atom is -0.392 e. The van der Waals surface area contributed by atoms with Gasteiger partial charge in [-0.3, -0.25) is 9.78 Å². The normalized spacial score (nSPS) is 16.4. The number of hydrogen-bond donors (Lipinski definition) is 1. The monoisotopic (exact) mass is 400 g/mol. The van der Waals surface area contributed by atoms with Crippen LogP contribution in [0.15, 0.2) is 72.8 Å². The summed E-state index contributed by atoms with van der Waals surface area (Å²) in [4.78, 5) is 19.7. The van der Waals surface area contributed by atoms with Crippen LogP contribution in [-0.2, 0) is 17.8 Å². The van der Waals surface area contributed by atoms with Crippen molar-refractivity contribution in [2.24, 2.45) is 0 Å². The average Bonchev–Trinajstić information content (AvgIpc) is 2.83. The highest BCUT2D eigenvalue weighted by molar-refractivity contribution is 5.76. The number of aromatic nitrogens is 1. The van der Waals surface area contributed by atoms with Crippen molar-refractivity contribution in [1.29, 1.82) is 0 Å². The number of amides is 1. The van der Waals surface area contributed by atoms with E-state index in [1.165, 1.54) is 5.56 Å². The first-order valence-corrected chi connectivity index (χ1v) is 10.7. The van der Waals surface area contributed by atoms with Crippen molar-refractivity contribution in [3.8, 4) is 11.3 Å². The third-order valence-corrected chi connectivity index (χ3v) is 5.87. The Morgan fingerprint density at radius 3 is 2.53 bits per heavy atom. The molecule has 154 valence electrons. The van der Waals surface area contributed by atoms with Gasteiger partial charge in [-0.25, -0.2) is 0 Å². The number of piperidine rings is 1. The number of carbonyl (C=O) groups is 1. The lowest BCUT2D eigenvalue weighted by Gasteiger charge is -2.32. The van der Waals surface area contributed by atoms with Crippen molar-refractivity contribution in [2.45, 2.75) is 38.2 Å². The molecular formula is C26H28N2O2. The van der Waals surface area contributed by atoms with Gasteiger partial charge in [0.15, 0.2) is 0 Å². The van der Waals surface area contributed by atoms with E-state index < -0.39 is 0 Å². The van der Waals surface area contributed by atoms with E-state index in [-0.39, 0.29) is 18.4 Å². The first-order chi connectivity index (χ1) is 14.7. The Labute approximate surface area is 178 Å². The van der Waals surface area contributed by atoms with Crippen LogP contribution in [0.2, 0.25) is 0 Å². The Bertz CT molecular complexity index is 970. The number of nitrogens with zero attached hydrogens (tertiary/aromatic N) is 2. The third kappa shape index (κ3) is 4.95. The molecule has 0 aliphatic carbocycles. The maximum absolute atomic E-state index is 12.8. The molecule has 0 radical (unpaired) electrons. The van der Waals surface area contributed by atoms with Crippen LogP contribution >= 0.6 is 0 Å². The van der Waals surface area contributed by atoms with Crippen molar-refractivity contribution in [2.75, 3.05) is 13.1 Å². The van der Waals surface area contributed by atoms with E-state index in [2.05, 4.69) is 18.2 Å². The van der Waals surface area contributed by atoms with Crippen LogP contribution in [-0.4, -0.2) is 34.0 Å². The van der Waals surface area contributed by atoms with E-state index in [4.69, 9.17) is 4.98 Å². The molecule has 4 heteroatoms. The molecule has 0 bridgehead atoms. The summed E-state index contributed by atoms with van der Waals surface area (Å²) >= 11 is 0. The molecule has 30 heavy (non-hydrogen) atoms. The topological polar surface area (TPSA) is 53.4 Å². The van der Waals surface area contributed by atoms with E-state index in [0.717, 1.165) is 54.9 Å². The van der Waals surface area contributed by atoms with Crippen LogP contribution in [0.4, 0.5) is 0 Å². The standard InChI is InChI=1S/C26H28N2O2/c29-19-21-11-14-22(15-12-21)24-9-4-10-25(27-24)23-8-5-17-28(18-23)26(30)16-13-20-6-2-1-3-7-20/h1-4,6-7,9-12,14-15,23,29H,5,8,13,16-19H2/t23-/m1/s1. The van der Waals surface area contributed by atoms with Gasteiger partial charge in [0.25, 0.3) is 0 Å². The van der Waals surface area contributed by atoms with Crippen molar-refractivity contribution in [3.05, 3.63) is 89.6 Å². The number of likely N-dealkylation sites (tertiary alicyclic amines) is 1. The minimum atomic E-state index is 0.0456. The van der Waals surface area contributed by atoms with E-state index in [1.807, 2.05) is 59.5 Å². The Kier molecular flexibility index (Phi) is 6.55. The second-order valence-corrected chi connectivity index (χ2v) is 7.97. The van der Waals surface area contributed by atoms with Gasteiger partial charge in [0.2, 0.25) is 5.91 Å². The zero-order valence-electron chi connectivity index (χ0n) is 17.2. The fourth-order valence-electron chi connectivity index (χ4n) is 4.12. The van der Waals surface area contributed by atoms with Gasteiger partial charge in [-0.15, -0.1) is 0 Å². The van der Waals surface area contributed by atoms with E-state index in [1.54, 1.807) is 0 Å². The molecule has 1 aromatic heterocycles. The van der Waals surface area contributed by atoms with Crippen molar-refractivity contribution in [3.63, 3.8) is 0 Å². The number of hydrogen-bond acceptors (Lipinski definition) is 3. The predicted molar refractivity (Wildman–Crippen MR) is 119 cm³/mol. The molecule has 1 N–H and O–H groups in total. The lowest BCUT2D eigenvalue weighted by molar-refractivity contribution is -0.132.